The highest BCUT2D eigenvalue weighted by molar-refractivity contribution is 7.23. The van der Waals surface area contributed by atoms with E-state index in [2.05, 4.69) is 4.98 Å². The van der Waals surface area contributed by atoms with E-state index < -0.39 is 0 Å². The smallest absolute Gasteiger partial charge is 0.289 e. The van der Waals surface area contributed by atoms with Crippen LogP contribution in [0.4, 0.5) is 5.13 Å². The molecule has 0 saturated heterocycles. The average Bonchev–Trinajstić information content (AvgIpc) is 3.37. The lowest BCUT2D eigenvalue weighted by molar-refractivity contribution is 0.0985. The molecular formula is C21H23ClN4O3S2. The number of methoxy groups -OCH3 is 2. The van der Waals surface area contributed by atoms with Crippen LogP contribution < -0.4 is 14.4 Å². The summed E-state index contributed by atoms with van der Waals surface area (Å²) in [6.45, 7) is 1.19. The fourth-order valence-corrected chi connectivity index (χ4v) is 5.07. The Labute approximate surface area is 194 Å². The standard InChI is InChI=1S/C21H22N4O3S2.ClH/c1-24(2)11-12-25(20(26)19-22-13-7-5-6-8-16(13)29-19)21-23-17-14(27-3)9-10-15(28-4)18(17)30-21;/h5-10H,11-12H2,1-4H3;1H. The van der Waals surface area contributed by atoms with Crippen molar-refractivity contribution >= 4 is 66.6 Å². The molecule has 0 radical (unpaired) electrons. The van der Waals surface area contributed by atoms with E-state index in [4.69, 9.17) is 14.5 Å². The fourth-order valence-electron chi connectivity index (χ4n) is 3.05. The zero-order valence-corrected chi connectivity index (χ0v) is 20.1. The molecule has 7 nitrogen and oxygen atoms in total. The van der Waals surface area contributed by atoms with Crippen molar-refractivity contribution in [1.29, 1.82) is 0 Å². The lowest BCUT2D eigenvalue weighted by Crippen LogP contribution is -2.36. The van der Waals surface area contributed by atoms with Crippen LogP contribution in [0.3, 0.4) is 0 Å². The van der Waals surface area contributed by atoms with E-state index in [9.17, 15) is 4.79 Å². The Bertz CT molecular complexity index is 1130. The number of nitrogens with zero attached hydrogens (tertiary/aromatic N) is 4. The number of likely N-dealkylation sites (N-methyl/N-ethyl adjacent to an activating group) is 1. The van der Waals surface area contributed by atoms with E-state index in [1.807, 2.05) is 55.4 Å². The van der Waals surface area contributed by atoms with Crippen LogP contribution in [0, 0.1) is 0 Å². The Hall–Kier alpha value is -2.46. The van der Waals surface area contributed by atoms with Gasteiger partial charge in [-0.3, -0.25) is 9.69 Å². The summed E-state index contributed by atoms with van der Waals surface area (Å²) in [5.41, 5.74) is 1.51. The number of halogens is 1. The van der Waals surface area contributed by atoms with Crippen molar-refractivity contribution in [2.75, 3.05) is 46.3 Å². The van der Waals surface area contributed by atoms with Crippen LogP contribution in [0.1, 0.15) is 9.80 Å². The molecule has 164 valence electrons. The Morgan fingerprint density at radius 2 is 1.68 bits per heavy atom. The first kappa shape index (κ1) is 23.2. The SMILES string of the molecule is COc1ccc(OC)c2sc(N(CCN(C)C)C(=O)c3nc4ccccc4s3)nc12.Cl. The van der Waals surface area contributed by atoms with Crippen LogP contribution in [-0.2, 0) is 0 Å². The molecule has 0 saturated carbocycles. The summed E-state index contributed by atoms with van der Waals surface area (Å²) < 4.78 is 12.8. The summed E-state index contributed by atoms with van der Waals surface area (Å²) in [5, 5.41) is 1.05. The predicted octanol–water partition coefficient (Wildman–Crippen LogP) is 4.55. The molecule has 0 aliphatic rings. The van der Waals surface area contributed by atoms with Gasteiger partial charge < -0.3 is 14.4 Å². The van der Waals surface area contributed by atoms with Crippen molar-refractivity contribution in [1.82, 2.24) is 14.9 Å². The van der Waals surface area contributed by atoms with Gasteiger partial charge in [0.15, 0.2) is 10.1 Å². The summed E-state index contributed by atoms with van der Waals surface area (Å²) in [6.07, 6.45) is 0. The van der Waals surface area contributed by atoms with Gasteiger partial charge in [-0.25, -0.2) is 9.97 Å². The molecule has 31 heavy (non-hydrogen) atoms. The number of aromatic nitrogens is 2. The Morgan fingerprint density at radius 3 is 2.35 bits per heavy atom. The van der Waals surface area contributed by atoms with Gasteiger partial charge in [0.05, 0.1) is 24.4 Å². The fraction of sp³-hybridized carbons (Fsp3) is 0.286. The number of hydrogen-bond donors (Lipinski definition) is 0. The quantitative estimate of drug-likeness (QED) is 0.388. The number of hydrogen-bond acceptors (Lipinski definition) is 8. The molecule has 2 heterocycles. The third-order valence-electron chi connectivity index (χ3n) is 4.62. The van der Waals surface area contributed by atoms with Crippen LogP contribution in [0.25, 0.3) is 20.4 Å². The zero-order valence-electron chi connectivity index (χ0n) is 17.6. The third-order valence-corrected chi connectivity index (χ3v) is 6.74. The van der Waals surface area contributed by atoms with Crippen molar-refractivity contribution in [3.8, 4) is 11.5 Å². The second kappa shape index (κ2) is 9.78. The number of carbonyl (C=O) groups is 1. The highest BCUT2D eigenvalue weighted by atomic mass is 35.5. The molecule has 0 unspecified atom stereocenters. The largest absolute Gasteiger partial charge is 0.495 e. The topological polar surface area (TPSA) is 67.8 Å². The Balaban J connectivity index is 0.00000272. The molecule has 4 rings (SSSR count). The number of anilines is 1. The number of fused-ring (bicyclic) bond motifs is 2. The first-order valence-electron chi connectivity index (χ1n) is 9.35. The van der Waals surface area contributed by atoms with Crippen LogP contribution in [-0.4, -0.2) is 62.2 Å². The molecular weight excluding hydrogens is 456 g/mol. The number of amides is 1. The lowest BCUT2D eigenvalue weighted by Gasteiger charge is -2.20. The highest BCUT2D eigenvalue weighted by Gasteiger charge is 2.26. The summed E-state index contributed by atoms with van der Waals surface area (Å²) in [7, 11) is 7.18. The first-order valence-corrected chi connectivity index (χ1v) is 11.0. The van der Waals surface area contributed by atoms with Gasteiger partial charge in [-0.15, -0.1) is 23.7 Å². The molecule has 0 N–H and O–H groups in total. The lowest BCUT2D eigenvalue weighted by atomic mass is 10.3. The number of carbonyl (C=O) groups excluding carboxylic acids is 1. The Kier molecular flexibility index (Phi) is 7.32. The van der Waals surface area contributed by atoms with Gasteiger partial charge in [0.25, 0.3) is 5.91 Å². The van der Waals surface area contributed by atoms with E-state index in [0.29, 0.717) is 40.2 Å². The van der Waals surface area contributed by atoms with E-state index in [1.54, 1.807) is 19.1 Å². The zero-order chi connectivity index (χ0) is 21.3. The molecule has 0 atom stereocenters. The Morgan fingerprint density at radius 1 is 0.968 bits per heavy atom. The predicted molar refractivity (Wildman–Crippen MR) is 130 cm³/mol. The van der Waals surface area contributed by atoms with Crippen LogP contribution in [0.5, 0.6) is 11.5 Å². The highest BCUT2D eigenvalue weighted by Crippen LogP contribution is 2.40. The van der Waals surface area contributed by atoms with Crippen molar-refractivity contribution in [2.45, 2.75) is 0 Å². The van der Waals surface area contributed by atoms with Crippen LogP contribution in [0.15, 0.2) is 36.4 Å². The van der Waals surface area contributed by atoms with Crippen molar-refractivity contribution in [3.05, 3.63) is 41.4 Å². The van der Waals surface area contributed by atoms with Gasteiger partial charge >= 0.3 is 0 Å². The molecule has 2 aromatic heterocycles. The summed E-state index contributed by atoms with van der Waals surface area (Å²) in [5.74, 6) is 1.19. The second-order valence-electron chi connectivity index (χ2n) is 6.89. The molecule has 0 fully saturated rings. The summed E-state index contributed by atoms with van der Waals surface area (Å²) >= 11 is 2.81. The summed E-state index contributed by atoms with van der Waals surface area (Å²) in [6, 6.07) is 11.4. The molecule has 0 aliphatic heterocycles. The molecule has 0 bridgehead atoms. The van der Waals surface area contributed by atoms with Crippen LogP contribution in [0.2, 0.25) is 0 Å². The second-order valence-corrected chi connectivity index (χ2v) is 8.90. The molecule has 10 heteroatoms. The molecule has 0 aliphatic carbocycles. The summed E-state index contributed by atoms with van der Waals surface area (Å²) in [4.78, 5) is 26.5. The van der Waals surface area contributed by atoms with Gasteiger partial charge in [-0.05, 0) is 38.4 Å². The van der Waals surface area contributed by atoms with E-state index in [1.165, 1.54) is 22.7 Å². The normalized spacial score (nSPS) is 11.0. The minimum atomic E-state index is -0.157. The van der Waals surface area contributed by atoms with Crippen molar-refractivity contribution < 1.29 is 14.3 Å². The van der Waals surface area contributed by atoms with E-state index >= 15 is 0 Å². The number of rotatable bonds is 7. The van der Waals surface area contributed by atoms with Crippen LogP contribution >= 0.6 is 35.1 Å². The van der Waals surface area contributed by atoms with Gasteiger partial charge in [0.2, 0.25) is 0 Å². The maximum absolute atomic E-state index is 13.5. The number of para-hydroxylation sites is 1. The first-order chi connectivity index (χ1) is 14.5. The van der Waals surface area contributed by atoms with Gasteiger partial charge in [-0.1, -0.05) is 23.5 Å². The van der Waals surface area contributed by atoms with Crippen molar-refractivity contribution in [3.63, 3.8) is 0 Å². The average molecular weight is 479 g/mol. The monoisotopic (exact) mass is 478 g/mol. The maximum atomic E-state index is 13.5. The molecule has 1 amide bonds. The number of thiazole rings is 2. The minimum absolute atomic E-state index is 0. The third kappa shape index (κ3) is 4.59. The number of ether oxygens (including phenoxy) is 2. The number of benzene rings is 2. The van der Waals surface area contributed by atoms with Gasteiger partial charge in [-0.2, -0.15) is 0 Å². The van der Waals surface area contributed by atoms with Gasteiger partial charge in [0.1, 0.15) is 21.7 Å². The minimum Gasteiger partial charge on any atom is -0.495 e. The van der Waals surface area contributed by atoms with Crippen molar-refractivity contribution in [2.24, 2.45) is 0 Å². The van der Waals surface area contributed by atoms with E-state index in [-0.39, 0.29) is 18.3 Å². The molecule has 4 aromatic rings. The maximum Gasteiger partial charge on any atom is 0.289 e. The molecule has 2 aromatic carbocycles. The van der Waals surface area contributed by atoms with Gasteiger partial charge in [0, 0.05) is 13.1 Å². The molecule has 0 spiro atoms. The van der Waals surface area contributed by atoms with E-state index in [0.717, 1.165) is 14.9 Å².